The number of nitrogens with one attached hydrogen (secondary N) is 2. The molecule has 6 nitrogen and oxygen atoms in total. The molecule has 0 radical (unpaired) electrons. The van der Waals surface area contributed by atoms with Crippen molar-refractivity contribution >= 4 is 11.9 Å². The molecule has 23 heavy (non-hydrogen) atoms. The number of aryl methyl sites for hydroxylation is 1. The molecule has 0 aliphatic heterocycles. The van der Waals surface area contributed by atoms with Crippen molar-refractivity contribution in [1.29, 1.82) is 0 Å². The zero-order valence-corrected chi connectivity index (χ0v) is 14.5. The van der Waals surface area contributed by atoms with Gasteiger partial charge in [0.1, 0.15) is 0 Å². The molecule has 6 heteroatoms. The summed E-state index contributed by atoms with van der Waals surface area (Å²) in [7, 11) is 5.74. The van der Waals surface area contributed by atoms with E-state index in [2.05, 4.69) is 26.3 Å². The van der Waals surface area contributed by atoms with Gasteiger partial charge in [0.05, 0.1) is 13.1 Å². The van der Waals surface area contributed by atoms with Crippen LogP contribution in [0.1, 0.15) is 37.8 Å². The molecule has 1 aromatic rings. The third-order valence-electron chi connectivity index (χ3n) is 4.40. The molecule has 1 heterocycles. The SMILES string of the molecule is CN=C(NCC(=O)NC1CCCCC1)N(C)Cc1cccn1C. The summed E-state index contributed by atoms with van der Waals surface area (Å²) in [5.41, 5.74) is 1.20. The summed E-state index contributed by atoms with van der Waals surface area (Å²) in [6, 6.07) is 4.46. The van der Waals surface area contributed by atoms with Gasteiger partial charge in [-0.3, -0.25) is 9.79 Å². The lowest BCUT2D eigenvalue weighted by molar-refractivity contribution is -0.120. The topological polar surface area (TPSA) is 61.7 Å². The predicted octanol–water partition coefficient (Wildman–Crippen LogP) is 1.48. The minimum Gasteiger partial charge on any atom is -0.353 e. The average Bonchev–Trinajstić information content (AvgIpc) is 2.94. The second-order valence-corrected chi connectivity index (χ2v) is 6.27. The molecular formula is C17H29N5O. The quantitative estimate of drug-likeness (QED) is 0.638. The van der Waals surface area contributed by atoms with Crippen LogP contribution in [0.25, 0.3) is 0 Å². The zero-order chi connectivity index (χ0) is 16.7. The van der Waals surface area contributed by atoms with Gasteiger partial charge >= 0.3 is 0 Å². The van der Waals surface area contributed by atoms with Crippen molar-refractivity contribution in [3.63, 3.8) is 0 Å². The van der Waals surface area contributed by atoms with Gasteiger partial charge in [0.2, 0.25) is 5.91 Å². The highest BCUT2D eigenvalue weighted by molar-refractivity contribution is 5.86. The number of rotatable bonds is 5. The molecule has 1 aromatic heterocycles. The molecule has 1 fully saturated rings. The molecule has 1 aliphatic carbocycles. The van der Waals surface area contributed by atoms with Gasteiger partial charge in [0.15, 0.2) is 5.96 Å². The van der Waals surface area contributed by atoms with E-state index in [1.54, 1.807) is 7.05 Å². The van der Waals surface area contributed by atoms with Crippen molar-refractivity contribution in [3.8, 4) is 0 Å². The van der Waals surface area contributed by atoms with E-state index in [0.717, 1.165) is 25.3 Å². The molecule has 0 atom stereocenters. The highest BCUT2D eigenvalue weighted by Gasteiger charge is 2.16. The van der Waals surface area contributed by atoms with E-state index < -0.39 is 0 Å². The summed E-state index contributed by atoms with van der Waals surface area (Å²) in [5.74, 6) is 0.773. The fourth-order valence-corrected chi connectivity index (χ4v) is 3.05. The van der Waals surface area contributed by atoms with Crippen molar-refractivity contribution in [2.45, 2.75) is 44.7 Å². The van der Waals surface area contributed by atoms with Gasteiger partial charge in [-0.1, -0.05) is 19.3 Å². The maximum Gasteiger partial charge on any atom is 0.239 e. The van der Waals surface area contributed by atoms with Gasteiger partial charge < -0.3 is 20.1 Å². The van der Waals surface area contributed by atoms with E-state index in [1.165, 1.54) is 25.0 Å². The normalized spacial score (nSPS) is 16.2. The van der Waals surface area contributed by atoms with Crippen LogP contribution in [0.5, 0.6) is 0 Å². The van der Waals surface area contributed by atoms with Crippen LogP contribution >= 0.6 is 0 Å². The molecule has 2 N–H and O–H groups in total. The first-order valence-electron chi connectivity index (χ1n) is 8.41. The first kappa shape index (κ1) is 17.4. The third-order valence-corrected chi connectivity index (χ3v) is 4.40. The van der Waals surface area contributed by atoms with E-state index in [-0.39, 0.29) is 12.5 Å². The summed E-state index contributed by atoms with van der Waals surface area (Å²) in [6.07, 6.45) is 7.97. The second kappa shape index (κ2) is 8.60. The van der Waals surface area contributed by atoms with Crippen LogP contribution in [0.3, 0.4) is 0 Å². The monoisotopic (exact) mass is 319 g/mol. The molecule has 0 unspecified atom stereocenters. The molecule has 0 aromatic carbocycles. The molecule has 128 valence electrons. The smallest absolute Gasteiger partial charge is 0.239 e. The van der Waals surface area contributed by atoms with Crippen LogP contribution in [0.2, 0.25) is 0 Å². The van der Waals surface area contributed by atoms with Gasteiger partial charge in [-0.2, -0.15) is 0 Å². The zero-order valence-electron chi connectivity index (χ0n) is 14.5. The molecule has 0 spiro atoms. The molecule has 0 bridgehead atoms. The van der Waals surface area contributed by atoms with Crippen LogP contribution in [0.4, 0.5) is 0 Å². The number of amides is 1. The number of aliphatic imine (C=N–C) groups is 1. The first-order chi connectivity index (χ1) is 11.1. The highest BCUT2D eigenvalue weighted by atomic mass is 16.2. The number of aromatic nitrogens is 1. The molecule has 1 aliphatic rings. The van der Waals surface area contributed by atoms with Gasteiger partial charge in [-0.25, -0.2) is 0 Å². The van der Waals surface area contributed by atoms with E-state index in [0.29, 0.717) is 6.04 Å². The van der Waals surface area contributed by atoms with Crippen LogP contribution in [0, 0.1) is 0 Å². The molecular weight excluding hydrogens is 290 g/mol. The van der Waals surface area contributed by atoms with Crippen molar-refractivity contribution in [2.75, 3.05) is 20.6 Å². The van der Waals surface area contributed by atoms with E-state index >= 15 is 0 Å². The standard InChI is InChI=1S/C17H29N5O/c1-18-17(22(3)13-15-10-7-11-21(15)2)19-12-16(23)20-14-8-5-4-6-9-14/h7,10-11,14H,4-6,8-9,12-13H2,1-3H3,(H,18,19)(H,20,23). The fourth-order valence-electron chi connectivity index (χ4n) is 3.05. The molecule has 2 rings (SSSR count). The Labute approximate surface area is 139 Å². The molecule has 1 saturated carbocycles. The fraction of sp³-hybridized carbons (Fsp3) is 0.647. The number of hydrogen-bond donors (Lipinski definition) is 2. The number of nitrogens with zero attached hydrogens (tertiary/aromatic N) is 3. The third kappa shape index (κ3) is 5.30. The van der Waals surface area contributed by atoms with E-state index in [1.807, 2.05) is 31.3 Å². The van der Waals surface area contributed by atoms with E-state index in [9.17, 15) is 4.79 Å². The summed E-state index contributed by atoms with van der Waals surface area (Å²) in [4.78, 5) is 18.4. The Morgan fingerprint density at radius 2 is 2.13 bits per heavy atom. The molecule has 0 saturated heterocycles. The summed E-state index contributed by atoms with van der Waals surface area (Å²) >= 11 is 0. The Balaban J connectivity index is 1.77. The van der Waals surface area contributed by atoms with E-state index in [4.69, 9.17) is 0 Å². The summed E-state index contributed by atoms with van der Waals surface area (Å²) in [5, 5.41) is 6.26. The Morgan fingerprint density at radius 1 is 1.39 bits per heavy atom. The largest absolute Gasteiger partial charge is 0.353 e. The lowest BCUT2D eigenvalue weighted by Gasteiger charge is -2.24. The van der Waals surface area contributed by atoms with Crippen LogP contribution in [0.15, 0.2) is 23.3 Å². The maximum absolute atomic E-state index is 12.1. The maximum atomic E-state index is 12.1. The Hall–Kier alpha value is -1.98. The Morgan fingerprint density at radius 3 is 2.74 bits per heavy atom. The van der Waals surface area contributed by atoms with Crippen LogP contribution in [-0.4, -0.2) is 48.0 Å². The number of carbonyl (C=O) groups excluding carboxylic acids is 1. The predicted molar refractivity (Wildman–Crippen MR) is 93.3 cm³/mol. The lowest BCUT2D eigenvalue weighted by Crippen LogP contribution is -2.46. The second-order valence-electron chi connectivity index (χ2n) is 6.27. The minimum absolute atomic E-state index is 0.0466. The average molecular weight is 319 g/mol. The number of hydrogen-bond acceptors (Lipinski definition) is 2. The summed E-state index contributed by atoms with van der Waals surface area (Å²) in [6.45, 7) is 1.01. The van der Waals surface area contributed by atoms with Crippen LogP contribution < -0.4 is 10.6 Å². The van der Waals surface area contributed by atoms with Gasteiger partial charge in [-0.05, 0) is 25.0 Å². The van der Waals surface area contributed by atoms with Crippen molar-refractivity contribution < 1.29 is 4.79 Å². The number of guanidine groups is 1. The van der Waals surface area contributed by atoms with Crippen molar-refractivity contribution in [1.82, 2.24) is 20.1 Å². The lowest BCUT2D eigenvalue weighted by atomic mass is 9.95. The minimum atomic E-state index is 0.0466. The van der Waals surface area contributed by atoms with Crippen molar-refractivity contribution in [2.24, 2.45) is 12.0 Å². The van der Waals surface area contributed by atoms with Gasteiger partial charge in [0.25, 0.3) is 0 Å². The first-order valence-corrected chi connectivity index (χ1v) is 8.41. The van der Waals surface area contributed by atoms with Gasteiger partial charge in [0, 0.05) is 39.1 Å². The Kier molecular flexibility index (Phi) is 6.50. The van der Waals surface area contributed by atoms with Gasteiger partial charge in [-0.15, -0.1) is 0 Å². The van der Waals surface area contributed by atoms with Crippen LogP contribution in [-0.2, 0) is 18.4 Å². The molecule has 1 amide bonds. The summed E-state index contributed by atoms with van der Waals surface area (Å²) < 4.78 is 2.08. The Bertz CT molecular complexity index is 531. The number of carbonyl (C=O) groups is 1. The van der Waals surface area contributed by atoms with Crippen molar-refractivity contribution in [3.05, 3.63) is 24.0 Å². The highest BCUT2D eigenvalue weighted by Crippen LogP contribution is 2.17.